The molecule has 0 saturated carbocycles. The number of fused-ring (bicyclic) bond motifs is 1. The van der Waals surface area contributed by atoms with Crippen molar-refractivity contribution in [1.82, 2.24) is 15.2 Å². The van der Waals surface area contributed by atoms with Gasteiger partial charge in [0.15, 0.2) is 0 Å². The normalized spacial score (nSPS) is 28.0. The Kier molecular flexibility index (Phi) is 18.3. The Morgan fingerprint density at radius 3 is 2.48 bits per heavy atom. The molecule has 3 aliphatic rings. The minimum absolute atomic E-state index is 0.116. The van der Waals surface area contributed by atoms with Gasteiger partial charge in [-0.3, -0.25) is 33.7 Å². The number of nitrogens with one attached hydrogen (secondary N) is 1. The van der Waals surface area contributed by atoms with Crippen molar-refractivity contribution in [3.05, 3.63) is 33.3 Å². The summed E-state index contributed by atoms with van der Waals surface area (Å²) in [7, 11) is 0. The Morgan fingerprint density at radius 2 is 1.82 bits per heavy atom. The summed E-state index contributed by atoms with van der Waals surface area (Å²) in [5, 5.41) is 17.0. The minimum atomic E-state index is -1.34. The first-order valence-electron chi connectivity index (χ1n) is 21.6. The molecular weight excluding hydrogens is 839 g/mol. The third kappa shape index (κ3) is 14.5. The number of epoxide rings is 1. The van der Waals surface area contributed by atoms with Crippen LogP contribution in [0.3, 0.4) is 0 Å². The molecule has 3 aliphatic heterocycles. The van der Waals surface area contributed by atoms with Gasteiger partial charge in [0.05, 0.1) is 56.8 Å². The maximum absolute atomic E-state index is 14.2. The van der Waals surface area contributed by atoms with E-state index in [0.29, 0.717) is 36.3 Å². The van der Waals surface area contributed by atoms with Crippen LogP contribution in [0, 0.1) is 24.2 Å². The van der Waals surface area contributed by atoms with Crippen LogP contribution in [0.5, 0.6) is 0 Å². The van der Waals surface area contributed by atoms with Crippen molar-refractivity contribution < 1.29 is 48.1 Å². The summed E-state index contributed by atoms with van der Waals surface area (Å²) < 4.78 is 18.0. The first kappa shape index (κ1) is 50.6. The number of carbonyl (C=O) groups excluding carboxylic acids is 6. The number of cyclic esters (lactones) is 1. The number of imide groups is 1. The molecule has 0 unspecified atom stereocenters. The maximum atomic E-state index is 14.2. The number of Topliss-reactive ketones (excluding diaryl/α,β-unsaturated/α-hetero) is 1. The summed E-state index contributed by atoms with van der Waals surface area (Å²) in [5.74, 6) is -2.09. The fraction of sp³-hybridized carbons (Fsp3) is 0.711. The topological polar surface area (TPSA) is 182 Å². The van der Waals surface area contributed by atoms with Crippen LogP contribution in [-0.4, -0.2) is 109 Å². The van der Waals surface area contributed by atoms with Crippen molar-refractivity contribution in [2.24, 2.45) is 17.3 Å². The highest BCUT2D eigenvalue weighted by Gasteiger charge is 2.53. The number of aryl methyl sites for hydroxylation is 1. The summed E-state index contributed by atoms with van der Waals surface area (Å²) >= 11 is 4.70. The van der Waals surface area contributed by atoms with E-state index in [-0.39, 0.29) is 72.0 Å². The number of esters is 2. The van der Waals surface area contributed by atoms with E-state index in [1.54, 1.807) is 44.3 Å². The average molecular weight is 906 g/mol. The minimum Gasteiger partial charge on any atom is -0.461 e. The molecule has 0 aliphatic carbocycles. The number of thiazole rings is 1. The molecular formula is C45H67N3O10S3. The second-order valence-electron chi connectivity index (χ2n) is 17.9. The van der Waals surface area contributed by atoms with E-state index in [1.807, 2.05) is 53.0 Å². The summed E-state index contributed by atoms with van der Waals surface area (Å²) in [5.41, 5.74) is 0.363. The van der Waals surface area contributed by atoms with Crippen LogP contribution in [0.2, 0.25) is 0 Å². The molecule has 61 heavy (non-hydrogen) atoms. The number of carbonyl (C=O) groups is 6. The highest BCUT2D eigenvalue weighted by atomic mass is 32.2. The Bertz CT molecular complexity index is 1820. The van der Waals surface area contributed by atoms with Crippen molar-refractivity contribution >= 4 is 76.4 Å². The number of ether oxygens (including phenoxy) is 3. The van der Waals surface area contributed by atoms with Crippen LogP contribution < -0.4 is 5.32 Å². The molecule has 7 atom stereocenters. The molecule has 0 spiro atoms. The summed E-state index contributed by atoms with van der Waals surface area (Å²) in [6, 6.07) is 0. The van der Waals surface area contributed by atoms with Crippen LogP contribution >= 0.6 is 34.9 Å². The number of ketones is 1. The van der Waals surface area contributed by atoms with Gasteiger partial charge in [0.1, 0.15) is 18.0 Å². The SMILES string of the molecule is CCCC1=CC(=O)N(CCNC(=O)CCSC(C)(C)SCCC(=O)O[C@H]2[C@H](C)CCC[C@]3(C)O[C@H]3C[C@@H](/C(C)=C/c3csc(C)n3)OC(=O)C[C@@H](O)C(C)(C)C(=O)[C@H]2C)C1=O. The van der Waals surface area contributed by atoms with Crippen LogP contribution in [0.1, 0.15) is 131 Å². The lowest BCUT2D eigenvalue weighted by atomic mass is 9.72. The van der Waals surface area contributed by atoms with Gasteiger partial charge < -0.3 is 24.6 Å². The molecule has 0 radical (unpaired) electrons. The fourth-order valence-electron chi connectivity index (χ4n) is 7.91. The molecule has 13 nitrogen and oxygen atoms in total. The predicted octanol–water partition coefficient (Wildman–Crippen LogP) is 7.22. The molecule has 1 aromatic heterocycles. The molecule has 2 N–H and O–H groups in total. The Hall–Kier alpha value is -3.05. The first-order chi connectivity index (χ1) is 28.6. The molecule has 1 aromatic rings. The lowest BCUT2D eigenvalue weighted by molar-refractivity contribution is -0.160. The highest BCUT2D eigenvalue weighted by molar-refractivity contribution is 8.18. The zero-order chi connectivity index (χ0) is 45.3. The zero-order valence-electron chi connectivity index (χ0n) is 37.6. The maximum Gasteiger partial charge on any atom is 0.309 e. The second-order valence-corrected chi connectivity index (χ2v) is 22.6. The van der Waals surface area contributed by atoms with Crippen LogP contribution in [0.15, 0.2) is 22.6 Å². The molecule has 2 saturated heterocycles. The van der Waals surface area contributed by atoms with Gasteiger partial charge in [-0.2, -0.15) is 0 Å². The van der Waals surface area contributed by atoms with Crippen molar-refractivity contribution in [3.8, 4) is 0 Å². The van der Waals surface area contributed by atoms with E-state index in [0.717, 1.165) is 35.5 Å². The molecule has 0 aromatic carbocycles. The van der Waals surface area contributed by atoms with Gasteiger partial charge in [0.2, 0.25) is 5.91 Å². The molecule has 16 heteroatoms. The molecule has 3 amide bonds. The molecule has 2 fully saturated rings. The molecule has 4 heterocycles. The lowest BCUT2D eigenvalue weighted by Crippen LogP contribution is -2.47. The number of hydrogen-bond donors (Lipinski definition) is 2. The van der Waals surface area contributed by atoms with Crippen LogP contribution in [0.25, 0.3) is 6.08 Å². The molecule has 0 bridgehead atoms. The van der Waals surface area contributed by atoms with Gasteiger partial charge in [-0.25, -0.2) is 4.98 Å². The van der Waals surface area contributed by atoms with Gasteiger partial charge in [-0.05, 0) is 71.4 Å². The van der Waals surface area contributed by atoms with Gasteiger partial charge in [-0.1, -0.05) is 47.5 Å². The average Bonchev–Trinajstić information content (AvgIpc) is 3.47. The first-order valence-corrected chi connectivity index (χ1v) is 24.4. The lowest BCUT2D eigenvalue weighted by Gasteiger charge is -2.36. The fourth-order valence-corrected chi connectivity index (χ4v) is 10.9. The van der Waals surface area contributed by atoms with E-state index in [2.05, 4.69) is 17.2 Å². The van der Waals surface area contributed by atoms with Crippen molar-refractivity contribution in [3.63, 3.8) is 0 Å². The van der Waals surface area contributed by atoms with Gasteiger partial charge in [-0.15, -0.1) is 34.9 Å². The number of hydrogen-bond acceptors (Lipinski definition) is 14. The second kappa shape index (κ2) is 22.0. The van der Waals surface area contributed by atoms with Gasteiger partial charge >= 0.3 is 11.9 Å². The van der Waals surface area contributed by atoms with Crippen LogP contribution in [0.4, 0.5) is 0 Å². The quantitative estimate of drug-likeness (QED) is 0.0735. The van der Waals surface area contributed by atoms with E-state index in [4.69, 9.17) is 14.2 Å². The monoisotopic (exact) mass is 905 g/mol. The van der Waals surface area contributed by atoms with Crippen molar-refractivity contribution in [2.75, 3.05) is 24.6 Å². The third-order valence-corrected chi connectivity index (χ3v) is 15.7. The largest absolute Gasteiger partial charge is 0.461 e. The number of aliphatic hydroxyl groups excluding tert-OH is 1. The molecule has 340 valence electrons. The number of aromatic nitrogens is 1. The summed E-state index contributed by atoms with van der Waals surface area (Å²) in [6.07, 6.45) is 4.43. The van der Waals surface area contributed by atoms with E-state index < -0.39 is 47.2 Å². The van der Waals surface area contributed by atoms with Crippen LogP contribution in [-0.2, 0) is 43.0 Å². The van der Waals surface area contributed by atoms with Crippen molar-refractivity contribution in [2.45, 2.75) is 161 Å². The number of nitrogens with zero attached hydrogens (tertiary/aromatic N) is 2. The highest BCUT2D eigenvalue weighted by Crippen LogP contribution is 2.45. The Labute approximate surface area is 374 Å². The van der Waals surface area contributed by atoms with E-state index >= 15 is 0 Å². The van der Waals surface area contributed by atoms with Gasteiger partial charge in [0, 0.05) is 54.5 Å². The molecule has 4 rings (SSSR count). The van der Waals surface area contributed by atoms with Gasteiger partial charge in [0.25, 0.3) is 11.8 Å². The number of aliphatic hydroxyl groups is 1. The Morgan fingerprint density at radius 1 is 1.13 bits per heavy atom. The van der Waals surface area contributed by atoms with E-state index in [1.165, 1.54) is 22.3 Å². The zero-order valence-corrected chi connectivity index (χ0v) is 40.1. The summed E-state index contributed by atoms with van der Waals surface area (Å²) in [6.45, 7) is 19.2. The number of amides is 3. The third-order valence-electron chi connectivity index (χ3n) is 11.9. The smallest absolute Gasteiger partial charge is 0.309 e. The Balaban J connectivity index is 1.30. The predicted molar refractivity (Wildman–Crippen MR) is 241 cm³/mol. The standard InChI is InChI=1S/C45H67N3O10S3/c1-11-13-31-23-37(51)48(42(31)55)19-18-46-36(50)15-20-60-44(8,9)61-21-16-38(52)57-40-27(2)14-12-17-45(10)35(58-45)24-33(28(3)22-32-26-59-30(5)47-32)56-39(53)25-34(49)43(6,7)41(54)29(40)4/h22-23,26-27,29,33-35,40,49H,11-21,24-25H2,1-10H3,(H,46,50)/b28-22+/t27-,29+,33+,34-,35+,40+,45+/m1/s1. The van der Waals surface area contributed by atoms with E-state index in [9.17, 15) is 33.9 Å². The van der Waals surface area contributed by atoms with Crippen molar-refractivity contribution in [1.29, 1.82) is 0 Å². The number of thioether (sulfide) groups is 2. The summed E-state index contributed by atoms with van der Waals surface area (Å²) in [4.78, 5) is 83.8. The number of rotatable bonds is 16.